The zero-order valence-corrected chi connectivity index (χ0v) is 12.5. The maximum atomic E-state index is 12.4. The second kappa shape index (κ2) is 6.64. The van der Waals surface area contributed by atoms with Crippen LogP contribution in [0.4, 0.5) is 0 Å². The van der Waals surface area contributed by atoms with Crippen LogP contribution in [0, 0.1) is 0 Å². The lowest BCUT2D eigenvalue weighted by atomic mass is 9.95. The number of hydrogen-bond donors (Lipinski definition) is 2. The van der Waals surface area contributed by atoms with E-state index in [4.69, 9.17) is 0 Å². The molecule has 116 valence electrons. The highest BCUT2D eigenvalue weighted by Crippen LogP contribution is 2.17. The molecule has 2 N–H and O–H groups in total. The Morgan fingerprint density at radius 2 is 1.91 bits per heavy atom. The van der Waals surface area contributed by atoms with E-state index in [2.05, 4.69) is 10.3 Å². The van der Waals surface area contributed by atoms with E-state index in [0.29, 0.717) is 12.2 Å². The molecule has 0 atom stereocenters. The van der Waals surface area contributed by atoms with Gasteiger partial charge < -0.3 is 10.3 Å². The number of H-pyrrole nitrogens is 1. The summed E-state index contributed by atoms with van der Waals surface area (Å²) in [5.41, 5.74) is 1.15. The summed E-state index contributed by atoms with van der Waals surface area (Å²) in [7, 11) is 0. The molecule has 0 bridgehead atoms. The van der Waals surface area contributed by atoms with Crippen LogP contribution in [0.5, 0.6) is 0 Å². The smallest absolute Gasteiger partial charge is 0.326 e. The molecule has 0 unspecified atom stereocenters. The summed E-state index contributed by atoms with van der Waals surface area (Å²) in [5, 5.41) is 3.06. The van der Waals surface area contributed by atoms with Crippen LogP contribution in [0.25, 0.3) is 0 Å². The van der Waals surface area contributed by atoms with Crippen molar-refractivity contribution >= 4 is 5.91 Å². The lowest BCUT2D eigenvalue weighted by Crippen LogP contribution is -2.38. The number of hydrogen-bond acceptors (Lipinski definition) is 2. The van der Waals surface area contributed by atoms with Crippen LogP contribution in [-0.2, 0) is 6.54 Å². The van der Waals surface area contributed by atoms with Gasteiger partial charge in [0.1, 0.15) is 5.69 Å². The molecule has 1 amide bonds. The van der Waals surface area contributed by atoms with Crippen molar-refractivity contribution < 1.29 is 4.79 Å². The molecule has 0 saturated heterocycles. The average Bonchev–Trinajstić information content (AvgIpc) is 2.90. The third-order valence-corrected chi connectivity index (χ3v) is 4.22. The second-order valence-electron chi connectivity index (χ2n) is 5.86. The van der Waals surface area contributed by atoms with Crippen molar-refractivity contribution in [3.05, 3.63) is 58.3 Å². The van der Waals surface area contributed by atoms with E-state index >= 15 is 0 Å². The molecule has 0 aliphatic heterocycles. The Hall–Kier alpha value is -2.30. The molecule has 1 heterocycles. The Bertz CT molecular complexity index is 681. The summed E-state index contributed by atoms with van der Waals surface area (Å²) < 4.78 is 1.49. The average molecular weight is 299 g/mol. The van der Waals surface area contributed by atoms with Crippen LogP contribution in [-0.4, -0.2) is 21.5 Å². The first kappa shape index (κ1) is 14.6. The Labute approximate surface area is 129 Å². The Balaban J connectivity index is 1.76. The topological polar surface area (TPSA) is 66.9 Å². The van der Waals surface area contributed by atoms with Crippen molar-refractivity contribution in [2.24, 2.45) is 0 Å². The normalized spacial score (nSPS) is 15.6. The molecule has 1 fully saturated rings. The molecule has 22 heavy (non-hydrogen) atoms. The second-order valence-corrected chi connectivity index (χ2v) is 5.86. The largest absolute Gasteiger partial charge is 0.348 e. The highest BCUT2D eigenvalue weighted by molar-refractivity contribution is 5.92. The van der Waals surface area contributed by atoms with Crippen LogP contribution in [0.3, 0.4) is 0 Å². The van der Waals surface area contributed by atoms with Crippen LogP contribution >= 0.6 is 0 Å². The number of aromatic nitrogens is 2. The fraction of sp³-hybridized carbons (Fsp3) is 0.412. The molecule has 5 heteroatoms. The van der Waals surface area contributed by atoms with Gasteiger partial charge in [0.05, 0.1) is 6.54 Å². The van der Waals surface area contributed by atoms with Crippen molar-refractivity contribution in [1.29, 1.82) is 0 Å². The number of rotatable bonds is 4. The van der Waals surface area contributed by atoms with Gasteiger partial charge in [0.2, 0.25) is 0 Å². The minimum absolute atomic E-state index is 0.166. The van der Waals surface area contributed by atoms with E-state index in [0.717, 1.165) is 31.2 Å². The highest BCUT2D eigenvalue weighted by Gasteiger charge is 2.20. The lowest BCUT2D eigenvalue weighted by Gasteiger charge is -2.22. The number of aromatic amines is 1. The van der Waals surface area contributed by atoms with Gasteiger partial charge in [-0.1, -0.05) is 49.6 Å². The van der Waals surface area contributed by atoms with Crippen molar-refractivity contribution in [3.63, 3.8) is 0 Å². The zero-order chi connectivity index (χ0) is 15.4. The number of imidazole rings is 1. The molecule has 1 aliphatic carbocycles. The summed E-state index contributed by atoms with van der Waals surface area (Å²) in [6, 6.07) is 9.91. The third-order valence-electron chi connectivity index (χ3n) is 4.22. The third kappa shape index (κ3) is 3.30. The highest BCUT2D eigenvalue weighted by atomic mass is 16.2. The van der Waals surface area contributed by atoms with E-state index < -0.39 is 0 Å². The van der Waals surface area contributed by atoms with E-state index in [-0.39, 0.29) is 17.6 Å². The summed E-state index contributed by atoms with van der Waals surface area (Å²) >= 11 is 0. The molecule has 1 aromatic carbocycles. The van der Waals surface area contributed by atoms with Gasteiger partial charge in [-0.15, -0.1) is 0 Å². The molecule has 0 spiro atoms. The van der Waals surface area contributed by atoms with Gasteiger partial charge in [0, 0.05) is 12.2 Å². The van der Waals surface area contributed by atoms with Crippen molar-refractivity contribution in [1.82, 2.24) is 14.9 Å². The molecular weight excluding hydrogens is 278 g/mol. The SMILES string of the molecule is O=C(NC1CCCCC1)c1c[nH]c(=O)n1Cc1ccccc1. The van der Waals surface area contributed by atoms with Crippen LogP contribution in [0.15, 0.2) is 41.3 Å². The summed E-state index contributed by atoms with van der Waals surface area (Å²) in [6.45, 7) is 0.399. The first-order valence-corrected chi connectivity index (χ1v) is 7.87. The standard InChI is InChI=1S/C17H21N3O2/c21-16(19-14-9-5-2-6-10-14)15-11-18-17(22)20(15)12-13-7-3-1-4-8-13/h1,3-4,7-8,11,14H,2,5-6,9-10,12H2,(H,18,22)(H,19,21). The Morgan fingerprint density at radius 3 is 2.64 bits per heavy atom. The molecule has 1 aliphatic rings. The number of amides is 1. The van der Waals surface area contributed by atoms with E-state index in [1.54, 1.807) is 0 Å². The first-order valence-electron chi connectivity index (χ1n) is 7.87. The van der Waals surface area contributed by atoms with Gasteiger partial charge in [0.25, 0.3) is 5.91 Å². The van der Waals surface area contributed by atoms with Crippen LogP contribution < -0.4 is 11.0 Å². The fourth-order valence-electron chi connectivity index (χ4n) is 3.01. The van der Waals surface area contributed by atoms with Gasteiger partial charge in [-0.25, -0.2) is 4.79 Å². The molecule has 1 aromatic heterocycles. The minimum atomic E-state index is -0.252. The van der Waals surface area contributed by atoms with Gasteiger partial charge in [0.15, 0.2) is 0 Å². The van der Waals surface area contributed by atoms with Crippen molar-refractivity contribution in [3.8, 4) is 0 Å². The monoisotopic (exact) mass is 299 g/mol. The number of benzene rings is 1. The molecule has 0 radical (unpaired) electrons. The number of carbonyl (C=O) groups excluding carboxylic acids is 1. The molecule has 3 rings (SSSR count). The predicted octanol–water partition coefficient (Wildman–Crippen LogP) is 2.29. The predicted molar refractivity (Wildman–Crippen MR) is 84.9 cm³/mol. The molecule has 5 nitrogen and oxygen atoms in total. The minimum Gasteiger partial charge on any atom is -0.348 e. The maximum Gasteiger partial charge on any atom is 0.326 e. The van der Waals surface area contributed by atoms with E-state index in [1.807, 2.05) is 30.3 Å². The molecular formula is C17H21N3O2. The van der Waals surface area contributed by atoms with E-state index in [9.17, 15) is 9.59 Å². The quantitative estimate of drug-likeness (QED) is 0.909. The van der Waals surface area contributed by atoms with Crippen LogP contribution in [0.2, 0.25) is 0 Å². The van der Waals surface area contributed by atoms with Crippen molar-refractivity contribution in [2.75, 3.05) is 0 Å². The fourth-order valence-corrected chi connectivity index (χ4v) is 3.01. The maximum absolute atomic E-state index is 12.4. The van der Waals surface area contributed by atoms with Gasteiger partial charge >= 0.3 is 5.69 Å². The first-order chi connectivity index (χ1) is 10.7. The summed E-state index contributed by atoms with van der Waals surface area (Å²) in [5.74, 6) is -0.166. The lowest BCUT2D eigenvalue weighted by molar-refractivity contribution is 0.0918. The summed E-state index contributed by atoms with van der Waals surface area (Å²) in [6.07, 6.45) is 7.13. The number of carbonyl (C=O) groups is 1. The van der Waals surface area contributed by atoms with Gasteiger partial charge in [-0.2, -0.15) is 0 Å². The number of nitrogens with zero attached hydrogens (tertiary/aromatic N) is 1. The Kier molecular flexibility index (Phi) is 4.42. The Morgan fingerprint density at radius 1 is 1.18 bits per heavy atom. The van der Waals surface area contributed by atoms with Gasteiger partial charge in [-0.3, -0.25) is 9.36 Å². The van der Waals surface area contributed by atoms with Crippen LogP contribution in [0.1, 0.15) is 48.2 Å². The molecule has 1 saturated carbocycles. The zero-order valence-electron chi connectivity index (χ0n) is 12.5. The molecule has 2 aromatic rings. The summed E-state index contributed by atoms with van der Waals surface area (Å²) in [4.78, 5) is 27.0. The number of nitrogens with one attached hydrogen (secondary N) is 2. The van der Waals surface area contributed by atoms with E-state index in [1.165, 1.54) is 17.2 Å². The van der Waals surface area contributed by atoms with Gasteiger partial charge in [-0.05, 0) is 18.4 Å². The van der Waals surface area contributed by atoms with Crippen molar-refractivity contribution in [2.45, 2.75) is 44.7 Å².